The Morgan fingerprint density at radius 3 is 2.53 bits per heavy atom. The molecule has 2 heterocycles. The quantitative estimate of drug-likeness (QED) is 0.581. The van der Waals surface area contributed by atoms with E-state index in [-0.39, 0.29) is 17.9 Å². The minimum Gasteiger partial charge on any atom is -0.323 e. The van der Waals surface area contributed by atoms with Gasteiger partial charge in [-0.15, -0.1) is 0 Å². The molecule has 0 saturated carbocycles. The second-order valence-electron chi connectivity index (χ2n) is 7.82. The molecule has 1 aliphatic rings. The zero-order valence-electron chi connectivity index (χ0n) is 17.4. The molecule has 3 atom stereocenters. The molecule has 2 aromatic carbocycles. The van der Waals surface area contributed by atoms with Crippen molar-refractivity contribution in [2.75, 3.05) is 5.32 Å². The number of aryl methyl sites for hydroxylation is 2. The number of nitrogens with zero attached hydrogens (tertiary/aromatic N) is 2. The van der Waals surface area contributed by atoms with Crippen LogP contribution in [-0.2, 0) is 17.6 Å². The Bertz CT molecular complexity index is 1070. The lowest BCUT2D eigenvalue weighted by Crippen LogP contribution is -2.63. The first-order valence-electron chi connectivity index (χ1n) is 10.3. The third kappa shape index (κ3) is 4.40. The highest BCUT2D eigenvalue weighted by atomic mass is 35.5. The van der Waals surface area contributed by atoms with E-state index in [0.29, 0.717) is 17.4 Å². The Kier molecular flexibility index (Phi) is 5.88. The van der Waals surface area contributed by atoms with Crippen molar-refractivity contribution < 1.29 is 4.79 Å². The summed E-state index contributed by atoms with van der Waals surface area (Å²) in [4.78, 5) is 22.0. The van der Waals surface area contributed by atoms with Crippen molar-refractivity contribution in [2.45, 2.75) is 45.9 Å². The average molecular weight is 424 g/mol. The molecule has 1 fully saturated rings. The number of rotatable bonds is 5. The number of benzene rings is 2. The van der Waals surface area contributed by atoms with Crippen molar-refractivity contribution in [1.82, 2.24) is 20.6 Å². The lowest BCUT2D eigenvalue weighted by molar-refractivity contribution is -0.128. The van der Waals surface area contributed by atoms with E-state index in [1.165, 1.54) is 5.56 Å². The third-order valence-corrected chi connectivity index (χ3v) is 5.91. The van der Waals surface area contributed by atoms with E-state index >= 15 is 0 Å². The van der Waals surface area contributed by atoms with Crippen molar-refractivity contribution in [2.24, 2.45) is 5.92 Å². The van der Waals surface area contributed by atoms with Gasteiger partial charge in [-0.05, 0) is 62.1 Å². The molecule has 156 valence electrons. The Morgan fingerprint density at radius 1 is 1.10 bits per heavy atom. The van der Waals surface area contributed by atoms with Crippen LogP contribution < -0.4 is 16.0 Å². The molecule has 0 aliphatic carbocycles. The Labute approximate surface area is 181 Å². The van der Waals surface area contributed by atoms with Gasteiger partial charge in [0.1, 0.15) is 0 Å². The van der Waals surface area contributed by atoms with Crippen LogP contribution in [0, 0.1) is 12.8 Å². The first-order chi connectivity index (χ1) is 14.4. The number of hydrogen-bond donors (Lipinski definition) is 3. The summed E-state index contributed by atoms with van der Waals surface area (Å²) in [6, 6.07) is 13.9. The van der Waals surface area contributed by atoms with Crippen LogP contribution in [0.4, 0.5) is 5.95 Å². The average Bonchev–Trinajstić information content (AvgIpc) is 2.72. The zero-order chi connectivity index (χ0) is 21.3. The third-order valence-electron chi connectivity index (χ3n) is 5.66. The number of amides is 1. The largest absolute Gasteiger partial charge is 0.323 e. The van der Waals surface area contributed by atoms with E-state index < -0.39 is 6.29 Å². The number of hydrogen-bond acceptors (Lipinski definition) is 5. The molecule has 30 heavy (non-hydrogen) atoms. The minimum atomic E-state index is -0.430. The van der Waals surface area contributed by atoms with Crippen LogP contribution in [-0.4, -0.2) is 28.2 Å². The number of aromatic nitrogens is 2. The Balaban J connectivity index is 1.46. The number of fused-ring (bicyclic) bond motifs is 1. The topological polar surface area (TPSA) is 78.9 Å². The van der Waals surface area contributed by atoms with E-state index in [2.05, 4.69) is 45.0 Å². The molecule has 4 rings (SSSR count). The second kappa shape index (κ2) is 8.58. The highest BCUT2D eigenvalue weighted by Crippen LogP contribution is 2.21. The van der Waals surface area contributed by atoms with E-state index in [1.807, 2.05) is 44.2 Å². The minimum absolute atomic E-state index is 0.00111. The van der Waals surface area contributed by atoms with Crippen LogP contribution in [0.15, 0.2) is 42.5 Å². The molecule has 0 radical (unpaired) electrons. The van der Waals surface area contributed by atoms with Crippen LogP contribution in [0.3, 0.4) is 0 Å². The molecule has 6 nitrogen and oxygen atoms in total. The predicted molar refractivity (Wildman–Crippen MR) is 120 cm³/mol. The molecule has 3 unspecified atom stereocenters. The normalized spacial score (nSPS) is 21.5. The highest BCUT2D eigenvalue weighted by molar-refractivity contribution is 6.30. The Morgan fingerprint density at radius 2 is 1.83 bits per heavy atom. The zero-order valence-corrected chi connectivity index (χ0v) is 18.1. The standard InChI is InChI=1S/C23H26ClN5O/c1-4-15-7-10-20-18(11-15)13(2)25-22(27-20)29-23-26-14(3)19(21(30)28-23)12-16-5-8-17(24)9-6-16/h5-11,14,19,23,26H,4,12H2,1-3H3,(H,28,30)(H,25,27,29). The molecule has 1 saturated heterocycles. The summed E-state index contributed by atoms with van der Waals surface area (Å²) in [5.74, 6) is 0.320. The monoisotopic (exact) mass is 423 g/mol. The maximum absolute atomic E-state index is 12.8. The van der Waals surface area contributed by atoms with E-state index in [9.17, 15) is 4.79 Å². The number of carbonyl (C=O) groups is 1. The molecule has 0 bridgehead atoms. The summed E-state index contributed by atoms with van der Waals surface area (Å²) in [5.41, 5.74) is 4.14. The lowest BCUT2D eigenvalue weighted by atomic mass is 9.91. The second-order valence-corrected chi connectivity index (χ2v) is 8.25. The van der Waals surface area contributed by atoms with Gasteiger partial charge in [0.15, 0.2) is 6.29 Å². The van der Waals surface area contributed by atoms with E-state index in [1.54, 1.807) is 0 Å². The fourth-order valence-corrected chi connectivity index (χ4v) is 3.99. The van der Waals surface area contributed by atoms with Crippen LogP contribution >= 0.6 is 11.6 Å². The number of carbonyl (C=O) groups excluding carboxylic acids is 1. The molecule has 7 heteroatoms. The predicted octanol–water partition coefficient (Wildman–Crippen LogP) is 3.82. The van der Waals surface area contributed by atoms with Gasteiger partial charge in [-0.3, -0.25) is 10.1 Å². The molecule has 0 spiro atoms. The van der Waals surface area contributed by atoms with Gasteiger partial charge in [0.2, 0.25) is 11.9 Å². The smallest absolute Gasteiger partial charge is 0.227 e. The SMILES string of the molecule is CCc1ccc2nc(NC3NC(=O)C(Cc4ccc(Cl)cc4)C(C)N3)nc(C)c2c1. The fourth-order valence-electron chi connectivity index (χ4n) is 3.86. The van der Waals surface area contributed by atoms with Crippen molar-refractivity contribution in [3.05, 3.63) is 64.3 Å². The maximum Gasteiger partial charge on any atom is 0.227 e. The van der Waals surface area contributed by atoms with Crippen LogP contribution in [0.2, 0.25) is 5.02 Å². The maximum atomic E-state index is 12.8. The van der Waals surface area contributed by atoms with Crippen LogP contribution in [0.25, 0.3) is 10.9 Å². The fraction of sp³-hybridized carbons (Fsp3) is 0.348. The summed E-state index contributed by atoms with van der Waals surface area (Å²) in [6.07, 6.45) is 1.19. The molecule has 1 aliphatic heterocycles. The molecule has 3 aromatic rings. The molecular weight excluding hydrogens is 398 g/mol. The first kappa shape index (κ1) is 20.6. The van der Waals surface area contributed by atoms with Gasteiger partial charge in [0.05, 0.1) is 17.1 Å². The van der Waals surface area contributed by atoms with Crippen molar-refractivity contribution >= 4 is 34.4 Å². The summed E-state index contributed by atoms with van der Waals surface area (Å²) in [7, 11) is 0. The van der Waals surface area contributed by atoms with Gasteiger partial charge in [0.25, 0.3) is 0 Å². The van der Waals surface area contributed by atoms with Gasteiger partial charge < -0.3 is 10.6 Å². The highest BCUT2D eigenvalue weighted by Gasteiger charge is 2.33. The van der Waals surface area contributed by atoms with E-state index in [0.717, 1.165) is 28.6 Å². The number of nitrogens with one attached hydrogen (secondary N) is 3. The van der Waals surface area contributed by atoms with Gasteiger partial charge >= 0.3 is 0 Å². The number of halogens is 1. The van der Waals surface area contributed by atoms with Crippen molar-refractivity contribution in [3.8, 4) is 0 Å². The summed E-state index contributed by atoms with van der Waals surface area (Å²) in [5, 5.41) is 11.4. The number of anilines is 1. The van der Waals surface area contributed by atoms with Gasteiger partial charge in [0, 0.05) is 16.5 Å². The summed E-state index contributed by atoms with van der Waals surface area (Å²) >= 11 is 5.96. The van der Waals surface area contributed by atoms with E-state index in [4.69, 9.17) is 11.6 Å². The molecule has 1 amide bonds. The van der Waals surface area contributed by atoms with Crippen molar-refractivity contribution in [3.63, 3.8) is 0 Å². The molecule has 3 N–H and O–H groups in total. The molecular formula is C23H26ClN5O. The van der Waals surface area contributed by atoms with Gasteiger partial charge in [-0.25, -0.2) is 9.97 Å². The van der Waals surface area contributed by atoms with Gasteiger partial charge in [-0.2, -0.15) is 0 Å². The van der Waals surface area contributed by atoms with Gasteiger partial charge in [-0.1, -0.05) is 36.7 Å². The summed E-state index contributed by atoms with van der Waals surface area (Å²) in [6.45, 7) is 6.13. The first-order valence-corrected chi connectivity index (χ1v) is 10.7. The van der Waals surface area contributed by atoms with Crippen molar-refractivity contribution in [1.29, 1.82) is 0 Å². The summed E-state index contributed by atoms with van der Waals surface area (Å²) < 4.78 is 0. The molecule has 1 aromatic heterocycles. The lowest BCUT2D eigenvalue weighted by Gasteiger charge is -2.36. The Hall–Kier alpha value is -2.70. The van der Waals surface area contributed by atoms with Crippen LogP contribution in [0.5, 0.6) is 0 Å². The van der Waals surface area contributed by atoms with Crippen LogP contribution in [0.1, 0.15) is 30.7 Å².